The fourth-order valence-corrected chi connectivity index (χ4v) is 1.38. The molecule has 46 valence electrons. The van der Waals surface area contributed by atoms with Crippen molar-refractivity contribution in [2.24, 2.45) is 0 Å². The van der Waals surface area contributed by atoms with Gasteiger partial charge in [0.2, 0.25) is 0 Å². The van der Waals surface area contributed by atoms with E-state index in [0.29, 0.717) is 0 Å². The third-order valence-corrected chi connectivity index (χ3v) is 2.30. The monoisotopic (exact) mass is 153 g/mol. The molecule has 1 aliphatic heterocycles. The Morgan fingerprint density at radius 1 is 1.36 bits per heavy atom. The standard InChI is InChI=1S/C4H4B5NS/c1-11-2-9-3(5,6)4(7,8)10-2/h10H,1H3. The summed E-state index contributed by atoms with van der Waals surface area (Å²) < 4.78 is 0. The van der Waals surface area contributed by atoms with Crippen molar-refractivity contribution >= 4 is 55.0 Å². The summed E-state index contributed by atoms with van der Waals surface area (Å²) >= 11 is 1.47. The Bertz CT molecular complexity index is 201. The summed E-state index contributed by atoms with van der Waals surface area (Å²) in [5.41, 5.74) is 0. The maximum absolute atomic E-state index is 5.60. The molecule has 0 saturated carbocycles. The first-order valence-corrected chi connectivity index (χ1v) is 4.32. The van der Waals surface area contributed by atoms with Gasteiger partial charge >= 0.3 is 77.0 Å². The zero-order chi connectivity index (χ0) is 8.70. The van der Waals surface area contributed by atoms with Gasteiger partial charge in [0.1, 0.15) is 0 Å². The first-order valence-electron chi connectivity index (χ1n) is 3.09. The molecule has 1 nitrogen and oxygen atoms in total. The van der Waals surface area contributed by atoms with E-state index in [4.69, 9.17) is 31.4 Å². The van der Waals surface area contributed by atoms with Crippen LogP contribution in [0, 0.1) is 0 Å². The number of hydrogen-bond acceptors (Lipinski definition) is 2. The molecular weight excluding hydrogens is 148 g/mol. The van der Waals surface area contributed by atoms with Gasteiger partial charge in [-0.2, -0.15) is 0 Å². The molecular formula is C4H4B5NS. The fraction of sp³-hybridized carbons (Fsp3) is 0.750. The van der Waals surface area contributed by atoms with Gasteiger partial charge in [0.25, 0.3) is 0 Å². The second-order valence-corrected chi connectivity index (χ2v) is 3.49. The zero-order valence-corrected chi connectivity index (χ0v) is 7.11. The molecule has 0 bridgehead atoms. The minimum atomic E-state index is -1.24. The molecule has 0 spiro atoms. The third kappa shape index (κ3) is 1.58. The quantitative estimate of drug-likeness (QED) is 0.443. The van der Waals surface area contributed by atoms with Crippen LogP contribution in [0.25, 0.3) is 0 Å². The van der Waals surface area contributed by atoms with Gasteiger partial charge in [0.05, 0.1) is 0 Å². The van der Waals surface area contributed by atoms with Crippen LogP contribution in [0.4, 0.5) is 0 Å². The Labute approximate surface area is 77.4 Å². The van der Waals surface area contributed by atoms with Crippen LogP contribution in [0.2, 0.25) is 5.11 Å². The summed E-state index contributed by atoms with van der Waals surface area (Å²) in [7, 11) is 22.3. The SMILES string of the molecule is [B]C1([B])B=C(SC)NC1([B])[B]. The van der Waals surface area contributed by atoms with Crippen molar-refractivity contribution in [2.75, 3.05) is 6.26 Å². The Kier molecular flexibility index (Phi) is 2.30. The molecule has 0 aromatic rings. The second-order valence-electron chi connectivity index (χ2n) is 2.64. The van der Waals surface area contributed by atoms with Gasteiger partial charge in [-0.3, -0.25) is 0 Å². The molecule has 0 aliphatic carbocycles. The van der Waals surface area contributed by atoms with Gasteiger partial charge in [0.15, 0.2) is 0 Å². The van der Waals surface area contributed by atoms with E-state index in [-0.39, 0.29) is 0 Å². The van der Waals surface area contributed by atoms with Crippen molar-refractivity contribution in [3.8, 4) is 0 Å². The maximum atomic E-state index is 5.60. The fourth-order valence-electron chi connectivity index (χ4n) is 0.794. The Morgan fingerprint density at radius 3 is 2.09 bits per heavy atom. The van der Waals surface area contributed by atoms with Gasteiger partial charge in [-0.05, 0) is 0 Å². The average molecular weight is 152 g/mol. The molecule has 8 radical (unpaired) electrons. The third-order valence-electron chi connectivity index (χ3n) is 1.64. The molecule has 0 aromatic heterocycles. The molecule has 7 heteroatoms. The topological polar surface area (TPSA) is 12.0 Å². The van der Waals surface area contributed by atoms with E-state index in [1.165, 1.54) is 11.8 Å². The first kappa shape index (κ1) is 9.43. The van der Waals surface area contributed by atoms with Gasteiger partial charge < -0.3 is 0 Å². The number of nitrogens with one attached hydrogen (secondary N) is 1. The van der Waals surface area contributed by atoms with Crippen LogP contribution in [0.15, 0.2) is 0 Å². The Balaban J connectivity index is 2.87. The number of thioether (sulfide) groups is 1. The number of hydrogen-bond donors (Lipinski definition) is 1. The van der Waals surface area contributed by atoms with Crippen molar-refractivity contribution in [1.29, 1.82) is 0 Å². The van der Waals surface area contributed by atoms with E-state index in [2.05, 4.69) is 5.32 Å². The van der Waals surface area contributed by atoms with Crippen LogP contribution in [-0.2, 0) is 0 Å². The summed E-state index contributed by atoms with van der Waals surface area (Å²) in [5.74, 6) is 0. The van der Waals surface area contributed by atoms with Crippen LogP contribution < -0.4 is 5.32 Å². The van der Waals surface area contributed by atoms with E-state index in [9.17, 15) is 0 Å². The molecule has 0 amide bonds. The van der Waals surface area contributed by atoms with E-state index in [1.807, 2.05) is 6.26 Å². The summed E-state index contributed by atoms with van der Waals surface area (Å²) in [5, 5.41) is 0.380. The van der Waals surface area contributed by atoms with E-state index in [1.54, 1.807) is 6.92 Å². The number of rotatable bonds is 1. The van der Waals surface area contributed by atoms with E-state index >= 15 is 0 Å². The predicted molar refractivity (Wildman–Crippen MR) is 55.9 cm³/mol. The molecule has 1 rings (SSSR count). The predicted octanol–water partition coefficient (Wildman–Crippen LogP) is -1.85. The summed E-state index contributed by atoms with van der Waals surface area (Å²) in [6.07, 6.45) is 1.89. The van der Waals surface area contributed by atoms with Crippen LogP contribution in [0.3, 0.4) is 0 Å². The Hall–Kier alpha value is 0.345. The van der Waals surface area contributed by atoms with Crippen molar-refractivity contribution in [1.82, 2.24) is 5.32 Å². The van der Waals surface area contributed by atoms with Crippen LogP contribution in [0.1, 0.15) is 0 Å². The molecule has 1 heterocycles. The normalized spacial score (nSPS) is 25.0. The van der Waals surface area contributed by atoms with Crippen molar-refractivity contribution in [2.45, 2.75) is 10.5 Å². The van der Waals surface area contributed by atoms with Crippen LogP contribution in [0.5, 0.6) is 0 Å². The minimum absolute atomic E-state index is 0.806. The molecule has 0 fully saturated rings. The van der Waals surface area contributed by atoms with Crippen molar-refractivity contribution < 1.29 is 0 Å². The van der Waals surface area contributed by atoms with Gasteiger partial charge in [-0.15, -0.1) is 0 Å². The second kappa shape index (κ2) is 2.68. The van der Waals surface area contributed by atoms with Crippen LogP contribution >= 0.6 is 11.8 Å². The molecule has 0 atom stereocenters. The zero-order valence-electron chi connectivity index (χ0n) is 6.29. The van der Waals surface area contributed by atoms with Crippen molar-refractivity contribution in [3.05, 3.63) is 0 Å². The average Bonchev–Trinajstić information content (AvgIpc) is 2.03. The molecule has 0 saturated heterocycles. The van der Waals surface area contributed by atoms with Gasteiger partial charge in [-0.25, -0.2) is 0 Å². The van der Waals surface area contributed by atoms with Crippen molar-refractivity contribution in [3.63, 3.8) is 0 Å². The van der Waals surface area contributed by atoms with Crippen LogP contribution in [-0.4, -0.2) is 54.8 Å². The van der Waals surface area contributed by atoms with Gasteiger partial charge in [-0.1, -0.05) is 0 Å². The molecule has 0 aromatic carbocycles. The van der Waals surface area contributed by atoms with E-state index < -0.39 is 10.5 Å². The molecule has 0 unspecified atom stereocenters. The summed E-state index contributed by atoms with van der Waals surface area (Å²) in [6, 6.07) is 0. The van der Waals surface area contributed by atoms with E-state index in [0.717, 1.165) is 4.92 Å². The summed E-state index contributed by atoms with van der Waals surface area (Å²) in [6.45, 7) is 1.62. The Morgan fingerprint density at radius 2 is 1.91 bits per heavy atom. The molecule has 11 heavy (non-hydrogen) atoms. The first-order chi connectivity index (χ1) is 4.89. The molecule has 1 aliphatic rings. The summed E-state index contributed by atoms with van der Waals surface area (Å²) in [4.78, 5) is 0.806. The molecule has 1 N–H and O–H groups in total. The van der Waals surface area contributed by atoms with Gasteiger partial charge in [0, 0.05) is 0 Å².